The highest BCUT2D eigenvalue weighted by Gasteiger charge is 2.13. The molecule has 4 heteroatoms. The van der Waals surface area contributed by atoms with Gasteiger partial charge in [0.1, 0.15) is 0 Å². The summed E-state index contributed by atoms with van der Waals surface area (Å²) in [6, 6.07) is 0. The van der Waals surface area contributed by atoms with Gasteiger partial charge in [0.05, 0.1) is 10.6 Å². The summed E-state index contributed by atoms with van der Waals surface area (Å²) >= 11 is 1.49. The Kier molecular flexibility index (Phi) is 3.75. The van der Waals surface area contributed by atoms with E-state index in [1.54, 1.807) is 0 Å². The highest BCUT2D eigenvalue weighted by atomic mass is 32.2. The fourth-order valence-electron chi connectivity index (χ4n) is 1.52. The van der Waals surface area contributed by atoms with E-state index in [9.17, 15) is 4.79 Å². The van der Waals surface area contributed by atoms with E-state index in [0.29, 0.717) is 5.92 Å². The molecule has 0 saturated heterocycles. The van der Waals surface area contributed by atoms with Crippen molar-refractivity contribution >= 4 is 11.8 Å². The summed E-state index contributed by atoms with van der Waals surface area (Å²) in [6.45, 7) is 6.23. The molecule has 1 N–H and O–H groups in total. The smallest absolute Gasteiger partial charge is 0.267 e. The fraction of sp³-hybridized carbons (Fsp3) is 0.600. The minimum absolute atomic E-state index is 0.0706. The first-order valence-electron chi connectivity index (χ1n) is 4.77. The van der Waals surface area contributed by atoms with E-state index < -0.39 is 0 Å². The van der Waals surface area contributed by atoms with Crippen LogP contribution >= 0.6 is 11.8 Å². The number of nitrogens with zero attached hydrogens (tertiary/aromatic N) is 1. The molecule has 0 amide bonds. The van der Waals surface area contributed by atoms with Crippen molar-refractivity contribution in [1.29, 1.82) is 0 Å². The van der Waals surface area contributed by atoms with Gasteiger partial charge in [0.25, 0.3) is 5.56 Å². The highest BCUT2D eigenvalue weighted by molar-refractivity contribution is 7.98. The van der Waals surface area contributed by atoms with Crippen molar-refractivity contribution in [3.63, 3.8) is 0 Å². The lowest BCUT2D eigenvalue weighted by Gasteiger charge is -2.11. The summed E-state index contributed by atoms with van der Waals surface area (Å²) in [6.07, 6.45) is 2.79. The Morgan fingerprint density at radius 2 is 2.14 bits per heavy atom. The zero-order chi connectivity index (χ0) is 10.7. The van der Waals surface area contributed by atoms with E-state index in [1.807, 2.05) is 6.26 Å². The van der Waals surface area contributed by atoms with Gasteiger partial charge in [-0.2, -0.15) is 5.10 Å². The van der Waals surface area contributed by atoms with Crippen LogP contribution in [0.25, 0.3) is 0 Å². The second-order valence-electron chi connectivity index (χ2n) is 3.46. The van der Waals surface area contributed by atoms with Crippen molar-refractivity contribution in [3.05, 3.63) is 21.6 Å². The molecular weight excluding hydrogens is 196 g/mol. The minimum Gasteiger partial charge on any atom is -0.267 e. The maximum absolute atomic E-state index is 11.5. The molecule has 3 nitrogen and oxygen atoms in total. The van der Waals surface area contributed by atoms with Crippen LogP contribution in [-0.4, -0.2) is 16.5 Å². The molecule has 0 bridgehead atoms. The Labute approximate surface area is 88.3 Å². The van der Waals surface area contributed by atoms with Crippen LogP contribution in [0.5, 0.6) is 0 Å². The average molecular weight is 212 g/mol. The summed E-state index contributed by atoms with van der Waals surface area (Å²) in [5, 5.41) is 6.66. The van der Waals surface area contributed by atoms with Crippen LogP contribution in [0.15, 0.2) is 9.69 Å². The molecule has 0 aliphatic heterocycles. The van der Waals surface area contributed by atoms with Crippen molar-refractivity contribution < 1.29 is 0 Å². The molecule has 0 aromatic carbocycles. The topological polar surface area (TPSA) is 45.8 Å². The molecule has 0 radical (unpaired) electrons. The molecule has 1 aromatic heterocycles. The first kappa shape index (κ1) is 11.3. The van der Waals surface area contributed by atoms with Crippen LogP contribution in [0.1, 0.15) is 37.9 Å². The Hall–Kier alpha value is -0.770. The molecule has 0 unspecified atom stereocenters. The van der Waals surface area contributed by atoms with Gasteiger partial charge in [-0.05, 0) is 24.2 Å². The minimum atomic E-state index is -0.0706. The number of aromatic nitrogens is 2. The van der Waals surface area contributed by atoms with Gasteiger partial charge in [-0.15, -0.1) is 11.8 Å². The molecule has 0 fully saturated rings. The van der Waals surface area contributed by atoms with Crippen molar-refractivity contribution in [2.24, 2.45) is 0 Å². The van der Waals surface area contributed by atoms with Crippen molar-refractivity contribution in [2.45, 2.75) is 38.0 Å². The zero-order valence-corrected chi connectivity index (χ0v) is 9.86. The molecule has 1 aromatic rings. The lowest BCUT2D eigenvalue weighted by atomic mass is 10.0. The number of hydrogen-bond acceptors (Lipinski definition) is 3. The molecule has 1 heterocycles. The first-order chi connectivity index (χ1) is 6.61. The van der Waals surface area contributed by atoms with Crippen LogP contribution in [-0.2, 0) is 6.42 Å². The first-order valence-corrected chi connectivity index (χ1v) is 5.99. The normalized spacial score (nSPS) is 10.9. The number of thioether (sulfide) groups is 1. The van der Waals surface area contributed by atoms with E-state index >= 15 is 0 Å². The standard InChI is InChI=1S/C10H16N2OS/c1-5-7-8(6(2)3)11-12-10(13)9(7)14-4/h6H,5H2,1-4H3,(H,12,13). The lowest BCUT2D eigenvalue weighted by Crippen LogP contribution is -2.17. The van der Waals surface area contributed by atoms with E-state index in [-0.39, 0.29) is 5.56 Å². The maximum atomic E-state index is 11.5. The Morgan fingerprint density at radius 3 is 2.57 bits per heavy atom. The summed E-state index contributed by atoms with van der Waals surface area (Å²) in [7, 11) is 0. The van der Waals surface area contributed by atoms with Gasteiger partial charge < -0.3 is 0 Å². The number of rotatable bonds is 3. The second kappa shape index (κ2) is 4.64. The van der Waals surface area contributed by atoms with Crippen molar-refractivity contribution in [2.75, 3.05) is 6.26 Å². The third kappa shape index (κ3) is 2.00. The second-order valence-corrected chi connectivity index (χ2v) is 4.27. The zero-order valence-electron chi connectivity index (χ0n) is 9.05. The van der Waals surface area contributed by atoms with Gasteiger partial charge in [0.2, 0.25) is 0 Å². The SMILES string of the molecule is CCc1c(C(C)C)n[nH]c(=O)c1SC. The molecule has 0 saturated carbocycles. The lowest BCUT2D eigenvalue weighted by molar-refractivity contribution is 0.735. The molecule has 0 aliphatic carbocycles. The quantitative estimate of drug-likeness (QED) is 0.781. The molecular formula is C10H16N2OS. The van der Waals surface area contributed by atoms with E-state index in [2.05, 4.69) is 31.0 Å². The van der Waals surface area contributed by atoms with Crippen LogP contribution in [0.2, 0.25) is 0 Å². The summed E-state index contributed by atoms with van der Waals surface area (Å²) < 4.78 is 0. The van der Waals surface area contributed by atoms with Gasteiger partial charge >= 0.3 is 0 Å². The molecule has 78 valence electrons. The molecule has 0 spiro atoms. The van der Waals surface area contributed by atoms with Gasteiger partial charge in [0.15, 0.2) is 0 Å². The van der Waals surface area contributed by atoms with Gasteiger partial charge in [-0.3, -0.25) is 4.79 Å². The van der Waals surface area contributed by atoms with Crippen LogP contribution in [0.3, 0.4) is 0 Å². The summed E-state index contributed by atoms with van der Waals surface area (Å²) in [5.74, 6) is 0.354. The van der Waals surface area contributed by atoms with Gasteiger partial charge in [0, 0.05) is 0 Å². The third-order valence-electron chi connectivity index (χ3n) is 2.17. The Morgan fingerprint density at radius 1 is 1.50 bits per heavy atom. The molecule has 0 aliphatic rings. The predicted octanol–water partition coefficient (Wildman–Crippen LogP) is 2.18. The largest absolute Gasteiger partial charge is 0.278 e. The van der Waals surface area contributed by atoms with Crippen molar-refractivity contribution in [3.8, 4) is 0 Å². The number of aromatic amines is 1. The van der Waals surface area contributed by atoms with Gasteiger partial charge in [-0.25, -0.2) is 5.10 Å². The number of H-pyrrole nitrogens is 1. The van der Waals surface area contributed by atoms with E-state index in [1.165, 1.54) is 11.8 Å². The summed E-state index contributed by atoms with van der Waals surface area (Å²) in [5.41, 5.74) is 2.03. The van der Waals surface area contributed by atoms with Crippen molar-refractivity contribution in [1.82, 2.24) is 10.2 Å². The molecule has 14 heavy (non-hydrogen) atoms. The maximum Gasteiger partial charge on any atom is 0.278 e. The Bertz CT molecular complexity index is 371. The summed E-state index contributed by atoms with van der Waals surface area (Å²) in [4.78, 5) is 12.3. The molecule has 0 atom stereocenters. The van der Waals surface area contributed by atoms with Crippen LogP contribution in [0.4, 0.5) is 0 Å². The predicted molar refractivity (Wildman–Crippen MR) is 60.1 cm³/mol. The Balaban J connectivity index is 3.40. The average Bonchev–Trinajstić information content (AvgIpc) is 2.16. The van der Waals surface area contributed by atoms with Gasteiger partial charge in [-0.1, -0.05) is 20.8 Å². The number of hydrogen-bond donors (Lipinski definition) is 1. The monoisotopic (exact) mass is 212 g/mol. The fourth-order valence-corrected chi connectivity index (χ4v) is 2.24. The van der Waals surface area contributed by atoms with E-state index in [4.69, 9.17) is 0 Å². The third-order valence-corrected chi connectivity index (χ3v) is 3.01. The van der Waals surface area contributed by atoms with Crippen LogP contribution < -0.4 is 5.56 Å². The van der Waals surface area contributed by atoms with E-state index in [0.717, 1.165) is 22.6 Å². The van der Waals surface area contributed by atoms with Crippen LogP contribution in [0, 0.1) is 0 Å². The molecule has 1 rings (SSSR count). The number of nitrogens with one attached hydrogen (secondary N) is 1. The highest BCUT2D eigenvalue weighted by Crippen LogP contribution is 2.23.